The van der Waals surface area contributed by atoms with Gasteiger partial charge in [-0.1, -0.05) is 0 Å². The van der Waals surface area contributed by atoms with E-state index in [1.165, 1.54) is 12.8 Å². The summed E-state index contributed by atoms with van der Waals surface area (Å²) in [6, 6.07) is 0. The second-order valence-electron chi connectivity index (χ2n) is 13.1. The van der Waals surface area contributed by atoms with Crippen molar-refractivity contribution in [1.29, 1.82) is 0 Å². The Bertz CT molecular complexity index is 822. The van der Waals surface area contributed by atoms with Gasteiger partial charge in [0.15, 0.2) is 0 Å². The van der Waals surface area contributed by atoms with Crippen molar-refractivity contribution in [3.05, 3.63) is 0 Å². The molecule has 0 spiro atoms. The van der Waals surface area contributed by atoms with Crippen LogP contribution in [0.2, 0.25) is 0 Å². The summed E-state index contributed by atoms with van der Waals surface area (Å²) in [7, 11) is 0. The van der Waals surface area contributed by atoms with Crippen LogP contribution in [0, 0.1) is 11.8 Å². The lowest BCUT2D eigenvalue weighted by Crippen LogP contribution is -2.62. The normalized spacial score (nSPS) is 32.7. The summed E-state index contributed by atoms with van der Waals surface area (Å²) in [6.07, 6.45) is 2.30. The maximum Gasteiger partial charge on any atom is 0.222 e. The molecule has 1 amide bonds. The van der Waals surface area contributed by atoms with E-state index in [4.69, 9.17) is 21.4 Å². The first-order valence-electron chi connectivity index (χ1n) is 16.5. The van der Waals surface area contributed by atoms with Crippen molar-refractivity contribution >= 4 is 17.5 Å². The van der Waals surface area contributed by atoms with Crippen LogP contribution in [0.15, 0.2) is 0 Å². The van der Waals surface area contributed by atoms with Crippen LogP contribution < -0.4 is 10.6 Å². The molecule has 0 aromatic heterocycles. The highest BCUT2D eigenvalue weighted by atomic mass is 35.5. The van der Waals surface area contributed by atoms with Gasteiger partial charge in [0.2, 0.25) is 5.91 Å². The van der Waals surface area contributed by atoms with E-state index in [-0.39, 0.29) is 42.6 Å². The van der Waals surface area contributed by atoms with Gasteiger partial charge in [-0.2, -0.15) is 0 Å². The molecule has 3 heterocycles. The second kappa shape index (κ2) is 17.9. The molecule has 13 heteroatoms. The Kier molecular flexibility index (Phi) is 14.6. The molecule has 11 nitrogen and oxygen atoms in total. The molecule has 3 aliphatic heterocycles. The van der Waals surface area contributed by atoms with Crippen molar-refractivity contribution in [2.45, 2.75) is 100 Å². The van der Waals surface area contributed by atoms with Crippen molar-refractivity contribution in [3.8, 4) is 0 Å². The zero-order valence-electron chi connectivity index (χ0n) is 25.5. The Morgan fingerprint density at radius 3 is 2.42 bits per heavy atom. The van der Waals surface area contributed by atoms with E-state index in [0.29, 0.717) is 58.0 Å². The van der Waals surface area contributed by atoms with Crippen molar-refractivity contribution in [2.75, 3.05) is 72.1 Å². The zero-order valence-corrected chi connectivity index (χ0v) is 26.3. The van der Waals surface area contributed by atoms with Crippen molar-refractivity contribution < 1.29 is 34.3 Å². The minimum Gasteiger partial charge on any atom is -0.394 e. The Labute approximate surface area is 261 Å². The van der Waals surface area contributed by atoms with Gasteiger partial charge in [0.25, 0.3) is 0 Å². The lowest BCUT2D eigenvalue weighted by atomic mass is 9.83. The van der Waals surface area contributed by atoms with E-state index in [0.717, 1.165) is 45.4 Å². The summed E-state index contributed by atoms with van der Waals surface area (Å²) in [4.78, 5) is 19.2. The highest BCUT2D eigenvalue weighted by molar-refractivity contribution is 6.21. The average Bonchev–Trinajstić information content (AvgIpc) is 3.26. The fourth-order valence-electron chi connectivity index (χ4n) is 7.02. The third-order valence-electron chi connectivity index (χ3n) is 9.85. The fourth-order valence-corrected chi connectivity index (χ4v) is 7.20. The largest absolute Gasteiger partial charge is 0.394 e. The van der Waals surface area contributed by atoms with E-state index in [1.807, 2.05) is 4.90 Å². The van der Waals surface area contributed by atoms with Gasteiger partial charge < -0.3 is 30.1 Å². The molecule has 0 bridgehead atoms. The number of hydrogen-bond acceptors (Lipinski definition) is 10. The van der Waals surface area contributed by atoms with E-state index in [9.17, 15) is 20.1 Å². The molecule has 1 aliphatic carbocycles. The Morgan fingerprint density at radius 2 is 1.72 bits per heavy atom. The van der Waals surface area contributed by atoms with Crippen molar-refractivity contribution in [3.63, 3.8) is 0 Å². The van der Waals surface area contributed by atoms with Gasteiger partial charge in [-0.3, -0.25) is 25.2 Å². The molecule has 4 aliphatic rings. The average molecular weight is 636 g/mol. The number of hydrogen-bond donors (Lipinski definition) is 6. The summed E-state index contributed by atoms with van der Waals surface area (Å²) in [6.45, 7) is 6.22. The second-order valence-corrected chi connectivity index (χ2v) is 13.7. The Morgan fingerprint density at radius 1 is 0.977 bits per heavy atom. The number of piperidine rings is 1. The molecule has 4 rings (SSSR count). The summed E-state index contributed by atoms with van der Waals surface area (Å²) in [5, 5.41) is 45.8. The molecular weight excluding hydrogens is 581 g/mol. The monoisotopic (exact) mass is 635 g/mol. The third-order valence-corrected chi connectivity index (χ3v) is 10.2. The lowest BCUT2D eigenvalue weighted by molar-refractivity contribution is -0.133. The number of alkyl halides is 2. The SMILES string of the molecule is O=C(CC1CCC(OCCCC2CCN(C3NCC(Cl)CN3)CC2)CC1F)N1CCCN(C[C@H](O)[C@H](O)[C@H](O)CO)CC1. The quantitative estimate of drug-likeness (QED) is 0.122. The van der Waals surface area contributed by atoms with Crippen LogP contribution in [0.25, 0.3) is 0 Å². The van der Waals surface area contributed by atoms with Crippen LogP contribution in [-0.2, 0) is 9.53 Å². The summed E-state index contributed by atoms with van der Waals surface area (Å²) in [5.41, 5.74) is 0. The molecule has 0 radical (unpaired) electrons. The number of nitrogens with zero attached hydrogens (tertiary/aromatic N) is 3. The van der Waals surface area contributed by atoms with Crippen LogP contribution in [0.3, 0.4) is 0 Å². The van der Waals surface area contributed by atoms with E-state index in [2.05, 4.69) is 15.5 Å². The third kappa shape index (κ3) is 11.0. The highest BCUT2D eigenvalue weighted by Gasteiger charge is 2.34. The number of nitrogens with one attached hydrogen (secondary N) is 2. The lowest BCUT2D eigenvalue weighted by Gasteiger charge is -2.41. The molecule has 3 saturated heterocycles. The number of β-amino-alcohol motifs (C(OH)–C–C–N with tert-alkyl or cyclic N) is 1. The van der Waals surface area contributed by atoms with E-state index < -0.39 is 31.1 Å². The molecule has 6 atom stereocenters. The van der Waals surface area contributed by atoms with Crippen LogP contribution in [0.5, 0.6) is 0 Å². The number of aliphatic hydroxyl groups is 4. The zero-order chi connectivity index (χ0) is 30.8. The van der Waals surface area contributed by atoms with Gasteiger partial charge in [-0.15, -0.1) is 11.6 Å². The smallest absolute Gasteiger partial charge is 0.222 e. The van der Waals surface area contributed by atoms with Crippen molar-refractivity contribution in [2.24, 2.45) is 11.8 Å². The molecule has 1 saturated carbocycles. The highest BCUT2D eigenvalue weighted by Crippen LogP contribution is 2.32. The molecule has 4 fully saturated rings. The number of aliphatic hydroxyl groups excluding tert-OH is 4. The van der Waals surface area contributed by atoms with Crippen molar-refractivity contribution in [1.82, 2.24) is 25.3 Å². The van der Waals surface area contributed by atoms with Crippen LogP contribution in [0.4, 0.5) is 4.39 Å². The van der Waals surface area contributed by atoms with Crippen LogP contribution >= 0.6 is 11.6 Å². The number of ether oxygens (including phenoxy) is 1. The topological polar surface area (TPSA) is 141 Å². The Hall–Kier alpha value is -0.670. The number of rotatable bonds is 13. The molecular formula is C30H55ClFN5O6. The van der Waals surface area contributed by atoms with Gasteiger partial charge in [0, 0.05) is 71.8 Å². The van der Waals surface area contributed by atoms with Crippen LogP contribution in [-0.4, -0.2) is 155 Å². The minimum absolute atomic E-state index is 0.0329. The standard InChI is InChI=1S/C30H55ClFN5O6/c31-23-17-33-30(34-18-23)37-10-6-21(7-11-37)3-1-14-43-24-5-4-22(25(32)16-24)15-28(41)36-9-2-8-35(12-13-36)19-26(39)29(42)27(40)20-38/h21-27,29-30,33-34,38-40,42H,1-20H2/t22?,23?,24?,25?,26-,27+,29-,30?/m0/s1. The summed E-state index contributed by atoms with van der Waals surface area (Å²) < 4.78 is 21.2. The predicted octanol–water partition coefficient (Wildman–Crippen LogP) is 0.0852. The van der Waals surface area contributed by atoms with Gasteiger partial charge in [0.05, 0.1) is 24.2 Å². The summed E-state index contributed by atoms with van der Waals surface area (Å²) in [5.74, 6) is 0.397. The first-order valence-corrected chi connectivity index (χ1v) is 16.9. The number of carbonyl (C=O) groups excluding carboxylic acids is 1. The first kappa shape index (κ1) is 35.2. The van der Waals surface area contributed by atoms with Gasteiger partial charge >= 0.3 is 0 Å². The molecule has 0 aromatic rings. The molecule has 250 valence electrons. The molecule has 43 heavy (non-hydrogen) atoms. The molecule has 3 unspecified atom stereocenters. The van der Waals surface area contributed by atoms with E-state index in [1.54, 1.807) is 4.90 Å². The molecule has 6 N–H and O–H groups in total. The Balaban J connectivity index is 1.07. The van der Waals surface area contributed by atoms with Gasteiger partial charge in [-0.05, 0) is 63.3 Å². The molecule has 0 aromatic carbocycles. The van der Waals surface area contributed by atoms with E-state index >= 15 is 4.39 Å². The number of carbonyl (C=O) groups is 1. The minimum atomic E-state index is -1.43. The number of halogens is 2. The van der Waals surface area contributed by atoms with Gasteiger partial charge in [-0.25, -0.2) is 4.39 Å². The fraction of sp³-hybridized carbons (Fsp3) is 0.967. The van der Waals surface area contributed by atoms with Gasteiger partial charge in [0.1, 0.15) is 24.7 Å². The maximum atomic E-state index is 15.1. The number of amides is 1. The van der Waals surface area contributed by atoms with Crippen LogP contribution in [0.1, 0.15) is 57.8 Å². The summed E-state index contributed by atoms with van der Waals surface area (Å²) >= 11 is 6.16. The number of likely N-dealkylation sites (tertiary alicyclic amines) is 1. The predicted molar refractivity (Wildman–Crippen MR) is 162 cm³/mol. The first-order chi connectivity index (χ1) is 20.7. The maximum absolute atomic E-state index is 15.1.